The molecule has 2 fully saturated rings. The highest BCUT2D eigenvalue weighted by molar-refractivity contribution is 5.93. The molecule has 0 bridgehead atoms. The van der Waals surface area contributed by atoms with Crippen molar-refractivity contribution in [2.75, 3.05) is 12.4 Å². The number of ether oxygens (including phenoxy) is 1. The van der Waals surface area contributed by atoms with Gasteiger partial charge in [-0.05, 0) is 91.3 Å². The molecule has 0 spiro atoms. The molecule has 3 aromatic rings. The van der Waals surface area contributed by atoms with Crippen molar-refractivity contribution < 1.29 is 13.9 Å². The highest BCUT2D eigenvalue weighted by Gasteiger charge is 2.46. The van der Waals surface area contributed by atoms with Gasteiger partial charge in [-0.3, -0.25) is 9.78 Å². The Bertz CT molecular complexity index is 1210. The lowest BCUT2D eigenvalue weighted by atomic mass is 9.89. The number of nitriles is 1. The number of nitrogens with zero attached hydrogens (tertiary/aromatic N) is 3. The lowest BCUT2D eigenvalue weighted by Gasteiger charge is -2.23. The molecule has 1 amide bonds. The summed E-state index contributed by atoms with van der Waals surface area (Å²) in [6, 6.07) is 12.1. The molecule has 3 unspecified atom stereocenters. The van der Waals surface area contributed by atoms with E-state index >= 15 is 0 Å². The van der Waals surface area contributed by atoms with Crippen molar-refractivity contribution in [2.45, 2.75) is 37.7 Å². The van der Waals surface area contributed by atoms with Crippen LogP contribution in [-0.2, 0) is 9.53 Å². The Kier molecular flexibility index (Phi) is 5.77. The molecule has 168 valence electrons. The maximum absolute atomic E-state index is 13.9. The van der Waals surface area contributed by atoms with E-state index in [1.807, 2.05) is 18.3 Å². The minimum absolute atomic E-state index is 0.149. The molecule has 2 heterocycles. The van der Waals surface area contributed by atoms with E-state index in [-0.39, 0.29) is 17.6 Å². The Morgan fingerprint density at radius 1 is 1.15 bits per heavy atom. The number of pyridine rings is 2. The number of halogens is 1. The van der Waals surface area contributed by atoms with E-state index in [4.69, 9.17) is 10.00 Å². The van der Waals surface area contributed by atoms with E-state index in [1.165, 1.54) is 17.8 Å². The number of anilines is 1. The van der Waals surface area contributed by atoms with Crippen molar-refractivity contribution in [3.8, 4) is 6.07 Å². The summed E-state index contributed by atoms with van der Waals surface area (Å²) in [4.78, 5) is 21.4. The van der Waals surface area contributed by atoms with Gasteiger partial charge in [-0.15, -0.1) is 0 Å². The van der Waals surface area contributed by atoms with Crippen LogP contribution < -0.4 is 5.32 Å². The molecule has 33 heavy (non-hydrogen) atoms. The fourth-order valence-corrected chi connectivity index (χ4v) is 5.91. The molecule has 6 nitrogen and oxygen atoms in total. The summed E-state index contributed by atoms with van der Waals surface area (Å²) in [7, 11) is 1.57. The molecule has 0 aliphatic heterocycles. The summed E-state index contributed by atoms with van der Waals surface area (Å²) in [5.74, 6) is 1.55. The third-order valence-corrected chi connectivity index (χ3v) is 7.31. The number of amides is 1. The standard InChI is InChI=1S/C26H25FN4O2/c1-33-25(26(32)31-24-5-2-15(13-28)14-30-24)19-10-16-8-18(9-17(16)11-19)21-6-7-29-23-4-3-20(27)12-22(21)23/h2-7,12,14,16-19,25H,8-11H2,1H3,(H,30,31,32)/t16-,17+,18?,19?,25?. The third kappa shape index (κ3) is 4.19. The first-order valence-corrected chi connectivity index (χ1v) is 11.3. The molecule has 7 heteroatoms. The van der Waals surface area contributed by atoms with Gasteiger partial charge in [0.2, 0.25) is 0 Å². The Morgan fingerprint density at radius 3 is 2.61 bits per heavy atom. The van der Waals surface area contributed by atoms with Crippen LogP contribution in [0, 0.1) is 34.9 Å². The quantitative estimate of drug-likeness (QED) is 0.610. The molecular weight excluding hydrogens is 419 g/mol. The molecule has 5 rings (SSSR count). The molecule has 2 saturated carbocycles. The van der Waals surface area contributed by atoms with Gasteiger partial charge in [-0.25, -0.2) is 9.37 Å². The number of carbonyl (C=O) groups is 1. The van der Waals surface area contributed by atoms with Gasteiger partial charge in [-0.1, -0.05) is 0 Å². The van der Waals surface area contributed by atoms with E-state index < -0.39 is 6.10 Å². The highest BCUT2D eigenvalue weighted by Crippen LogP contribution is 2.54. The molecule has 0 radical (unpaired) electrons. The Labute approximate surface area is 191 Å². The first kappa shape index (κ1) is 21.5. The normalized spacial score (nSPS) is 24.9. The molecule has 1 aromatic carbocycles. The lowest BCUT2D eigenvalue weighted by molar-refractivity contribution is -0.128. The number of carbonyl (C=O) groups excluding carboxylic acids is 1. The number of benzene rings is 1. The summed E-state index contributed by atoms with van der Waals surface area (Å²) in [5, 5.41) is 12.6. The largest absolute Gasteiger partial charge is 0.371 e. The molecule has 0 saturated heterocycles. The summed E-state index contributed by atoms with van der Waals surface area (Å²) in [5.41, 5.74) is 2.45. The number of nitrogens with one attached hydrogen (secondary N) is 1. The van der Waals surface area contributed by atoms with E-state index in [9.17, 15) is 9.18 Å². The maximum Gasteiger partial charge on any atom is 0.254 e. The molecular formula is C26H25FN4O2. The van der Waals surface area contributed by atoms with Crippen LogP contribution in [0.5, 0.6) is 0 Å². The summed E-state index contributed by atoms with van der Waals surface area (Å²) in [6.07, 6.45) is 6.65. The summed E-state index contributed by atoms with van der Waals surface area (Å²) >= 11 is 0. The molecule has 2 aromatic heterocycles. The van der Waals surface area contributed by atoms with Gasteiger partial charge in [0.05, 0.1) is 11.1 Å². The topological polar surface area (TPSA) is 87.9 Å². The fourth-order valence-electron chi connectivity index (χ4n) is 5.91. The second-order valence-corrected chi connectivity index (χ2v) is 9.17. The van der Waals surface area contributed by atoms with Crippen molar-refractivity contribution in [1.29, 1.82) is 5.26 Å². The van der Waals surface area contributed by atoms with Crippen LogP contribution in [0.2, 0.25) is 0 Å². The lowest BCUT2D eigenvalue weighted by Crippen LogP contribution is -2.35. The predicted molar refractivity (Wildman–Crippen MR) is 122 cm³/mol. The molecule has 1 N–H and O–H groups in total. The fraction of sp³-hybridized carbons (Fsp3) is 0.385. The van der Waals surface area contributed by atoms with Gasteiger partial charge < -0.3 is 10.1 Å². The minimum Gasteiger partial charge on any atom is -0.371 e. The van der Waals surface area contributed by atoms with Gasteiger partial charge in [0, 0.05) is 24.9 Å². The first-order chi connectivity index (χ1) is 16.1. The zero-order valence-electron chi connectivity index (χ0n) is 18.4. The van der Waals surface area contributed by atoms with E-state index in [0.29, 0.717) is 29.1 Å². The predicted octanol–water partition coefficient (Wildman–Crippen LogP) is 4.81. The van der Waals surface area contributed by atoms with Crippen LogP contribution in [-0.4, -0.2) is 29.1 Å². The monoisotopic (exact) mass is 444 g/mol. The number of hydrogen-bond acceptors (Lipinski definition) is 5. The molecule has 2 aliphatic carbocycles. The van der Waals surface area contributed by atoms with Gasteiger partial charge >= 0.3 is 0 Å². The van der Waals surface area contributed by atoms with Crippen LogP contribution in [0.4, 0.5) is 10.2 Å². The highest BCUT2D eigenvalue weighted by atomic mass is 19.1. The summed E-state index contributed by atoms with van der Waals surface area (Å²) in [6.45, 7) is 0. The van der Waals surface area contributed by atoms with Gasteiger partial charge in [0.15, 0.2) is 0 Å². The maximum atomic E-state index is 13.9. The van der Waals surface area contributed by atoms with E-state index in [0.717, 1.165) is 36.6 Å². The van der Waals surface area contributed by atoms with E-state index in [1.54, 1.807) is 31.4 Å². The van der Waals surface area contributed by atoms with Crippen molar-refractivity contribution in [2.24, 2.45) is 17.8 Å². The van der Waals surface area contributed by atoms with Crippen LogP contribution in [0.1, 0.15) is 42.7 Å². The van der Waals surface area contributed by atoms with Gasteiger partial charge in [-0.2, -0.15) is 5.26 Å². The first-order valence-electron chi connectivity index (χ1n) is 11.3. The van der Waals surface area contributed by atoms with Crippen molar-refractivity contribution in [1.82, 2.24) is 9.97 Å². The van der Waals surface area contributed by atoms with Crippen molar-refractivity contribution in [3.05, 3.63) is 65.7 Å². The third-order valence-electron chi connectivity index (χ3n) is 7.31. The van der Waals surface area contributed by atoms with Crippen molar-refractivity contribution >= 4 is 22.6 Å². The molecule has 2 aliphatic rings. The number of methoxy groups -OCH3 is 1. The minimum atomic E-state index is -0.539. The number of rotatable bonds is 5. The average molecular weight is 445 g/mol. The smallest absolute Gasteiger partial charge is 0.254 e. The number of fused-ring (bicyclic) bond motifs is 2. The van der Waals surface area contributed by atoms with Crippen LogP contribution in [0.15, 0.2) is 48.8 Å². The molecule has 5 atom stereocenters. The van der Waals surface area contributed by atoms with Crippen molar-refractivity contribution in [3.63, 3.8) is 0 Å². The van der Waals surface area contributed by atoms with Gasteiger partial charge in [0.1, 0.15) is 23.8 Å². The SMILES string of the molecule is COC(C(=O)Nc1ccc(C#N)cn1)C1C[C@H]2CC(c3ccnc4ccc(F)cc34)C[C@H]2C1. The zero-order valence-corrected chi connectivity index (χ0v) is 18.4. The van der Waals surface area contributed by atoms with Crippen LogP contribution in [0.25, 0.3) is 10.9 Å². The van der Waals surface area contributed by atoms with E-state index in [2.05, 4.69) is 15.3 Å². The second-order valence-electron chi connectivity index (χ2n) is 9.17. The zero-order chi connectivity index (χ0) is 22.9. The number of hydrogen-bond donors (Lipinski definition) is 1. The summed E-state index contributed by atoms with van der Waals surface area (Å²) < 4.78 is 19.5. The second kappa shape index (κ2) is 8.87. The number of aromatic nitrogens is 2. The Hall–Kier alpha value is -3.37. The average Bonchev–Trinajstić information content (AvgIpc) is 3.39. The Balaban J connectivity index is 1.25. The van der Waals surface area contributed by atoms with Gasteiger partial charge in [0.25, 0.3) is 5.91 Å². The Morgan fingerprint density at radius 2 is 1.94 bits per heavy atom. The van der Waals surface area contributed by atoms with Crippen LogP contribution in [0.3, 0.4) is 0 Å². The van der Waals surface area contributed by atoms with Crippen LogP contribution >= 0.6 is 0 Å².